The van der Waals surface area contributed by atoms with E-state index in [4.69, 9.17) is 0 Å². The minimum atomic E-state index is -1.33. The highest BCUT2D eigenvalue weighted by atomic mass is 79.9. The van der Waals surface area contributed by atoms with E-state index < -0.39 is 5.67 Å². The summed E-state index contributed by atoms with van der Waals surface area (Å²) in [4.78, 5) is 3.92. The molecule has 0 atom stereocenters. The van der Waals surface area contributed by atoms with E-state index in [1.165, 1.54) is 20.0 Å². The van der Waals surface area contributed by atoms with Crippen molar-refractivity contribution in [2.24, 2.45) is 7.05 Å². The summed E-state index contributed by atoms with van der Waals surface area (Å²) >= 11 is 3.19. The summed E-state index contributed by atoms with van der Waals surface area (Å²) in [6, 6.07) is 0. The Morgan fingerprint density at radius 1 is 1.64 bits per heavy atom. The standard InChI is InChI=1S/C7H10BrFN2/c1-7(2,9)5-4-10-6(8)11(5)3/h4H,1-3H3. The zero-order valence-corrected chi connectivity index (χ0v) is 8.31. The number of rotatable bonds is 1. The molecule has 1 heterocycles. The van der Waals surface area contributed by atoms with Crippen LogP contribution in [0, 0.1) is 0 Å². The zero-order valence-electron chi connectivity index (χ0n) is 6.73. The molecule has 0 amide bonds. The minimum Gasteiger partial charge on any atom is -0.323 e. The predicted octanol–water partition coefficient (Wildman–Crippen LogP) is 2.39. The molecule has 1 aromatic heterocycles. The Labute approximate surface area is 73.6 Å². The second kappa shape index (κ2) is 2.59. The minimum absolute atomic E-state index is 0.573. The van der Waals surface area contributed by atoms with Crippen molar-refractivity contribution in [2.75, 3.05) is 0 Å². The molecule has 0 unspecified atom stereocenters. The third-order valence-electron chi connectivity index (χ3n) is 1.54. The van der Waals surface area contributed by atoms with Crippen LogP contribution in [-0.2, 0) is 12.7 Å². The van der Waals surface area contributed by atoms with Crippen LogP contribution in [0.2, 0.25) is 0 Å². The molecular weight excluding hydrogens is 211 g/mol. The lowest BCUT2D eigenvalue weighted by Gasteiger charge is -2.14. The lowest BCUT2D eigenvalue weighted by atomic mass is 10.1. The summed E-state index contributed by atoms with van der Waals surface area (Å²) in [7, 11) is 1.77. The van der Waals surface area contributed by atoms with Gasteiger partial charge in [0.05, 0.1) is 11.9 Å². The van der Waals surface area contributed by atoms with Crippen LogP contribution in [0.4, 0.5) is 4.39 Å². The maximum absolute atomic E-state index is 13.3. The Kier molecular flexibility index (Phi) is 2.05. The van der Waals surface area contributed by atoms with E-state index in [9.17, 15) is 4.39 Å². The molecule has 0 radical (unpaired) electrons. The Hall–Kier alpha value is -0.380. The first-order valence-electron chi connectivity index (χ1n) is 3.29. The highest BCUT2D eigenvalue weighted by molar-refractivity contribution is 9.10. The average Bonchev–Trinajstić information content (AvgIpc) is 2.11. The third-order valence-corrected chi connectivity index (χ3v) is 2.28. The molecule has 4 heteroatoms. The Morgan fingerprint density at radius 2 is 2.18 bits per heavy atom. The molecule has 0 aromatic carbocycles. The molecule has 0 aliphatic heterocycles. The Morgan fingerprint density at radius 3 is 2.36 bits per heavy atom. The van der Waals surface area contributed by atoms with Crippen LogP contribution in [0.25, 0.3) is 0 Å². The Bertz CT molecular complexity index is 262. The van der Waals surface area contributed by atoms with Gasteiger partial charge in [-0.25, -0.2) is 9.37 Å². The summed E-state index contributed by atoms with van der Waals surface area (Å²) in [5, 5.41) is 0. The van der Waals surface area contributed by atoms with Gasteiger partial charge in [-0.1, -0.05) is 0 Å². The zero-order chi connectivity index (χ0) is 8.65. The van der Waals surface area contributed by atoms with Crippen molar-refractivity contribution in [3.8, 4) is 0 Å². The van der Waals surface area contributed by atoms with Gasteiger partial charge < -0.3 is 4.57 Å². The molecule has 0 spiro atoms. The molecule has 0 saturated carbocycles. The van der Waals surface area contributed by atoms with Gasteiger partial charge in [0.2, 0.25) is 0 Å². The molecule has 0 bridgehead atoms. The van der Waals surface area contributed by atoms with Gasteiger partial charge in [0.15, 0.2) is 4.73 Å². The maximum Gasteiger partial charge on any atom is 0.177 e. The number of nitrogens with zero attached hydrogens (tertiary/aromatic N) is 2. The van der Waals surface area contributed by atoms with Gasteiger partial charge in [0.25, 0.3) is 0 Å². The molecule has 1 aromatic rings. The first-order chi connectivity index (χ1) is 4.93. The van der Waals surface area contributed by atoms with Crippen LogP contribution in [0.5, 0.6) is 0 Å². The molecule has 0 fully saturated rings. The van der Waals surface area contributed by atoms with Gasteiger partial charge in [-0.05, 0) is 29.8 Å². The van der Waals surface area contributed by atoms with Crippen LogP contribution in [0.15, 0.2) is 10.9 Å². The van der Waals surface area contributed by atoms with Crippen molar-refractivity contribution in [3.05, 3.63) is 16.6 Å². The number of halogens is 2. The summed E-state index contributed by atoms with van der Waals surface area (Å²) in [6.07, 6.45) is 1.53. The number of hydrogen-bond donors (Lipinski definition) is 0. The second-order valence-corrected chi connectivity index (χ2v) is 3.65. The van der Waals surface area contributed by atoms with Crippen LogP contribution in [0.3, 0.4) is 0 Å². The van der Waals surface area contributed by atoms with Crippen molar-refractivity contribution >= 4 is 15.9 Å². The van der Waals surface area contributed by atoms with Crippen LogP contribution >= 0.6 is 15.9 Å². The molecule has 11 heavy (non-hydrogen) atoms. The van der Waals surface area contributed by atoms with Crippen molar-refractivity contribution < 1.29 is 4.39 Å². The highest BCUT2D eigenvalue weighted by Gasteiger charge is 2.23. The second-order valence-electron chi connectivity index (χ2n) is 2.94. The molecule has 0 N–H and O–H groups in total. The van der Waals surface area contributed by atoms with Gasteiger partial charge in [-0.3, -0.25) is 0 Å². The van der Waals surface area contributed by atoms with Gasteiger partial charge in [-0.15, -0.1) is 0 Å². The van der Waals surface area contributed by atoms with Crippen molar-refractivity contribution in [3.63, 3.8) is 0 Å². The fourth-order valence-corrected chi connectivity index (χ4v) is 1.23. The van der Waals surface area contributed by atoms with E-state index in [1.807, 2.05) is 0 Å². The van der Waals surface area contributed by atoms with Gasteiger partial charge >= 0.3 is 0 Å². The summed E-state index contributed by atoms with van der Waals surface area (Å²) in [6.45, 7) is 3.02. The molecular formula is C7H10BrFN2. The smallest absolute Gasteiger partial charge is 0.177 e. The summed E-state index contributed by atoms with van der Waals surface area (Å²) < 4.78 is 15.6. The van der Waals surface area contributed by atoms with Gasteiger partial charge in [0.1, 0.15) is 5.67 Å². The van der Waals surface area contributed by atoms with Crippen LogP contribution < -0.4 is 0 Å². The van der Waals surface area contributed by atoms with Crippen molar-refractivity contribution in [2.45, 2.75) is 19.5 Å². The van der Waals surface area contributed by atoms with E-state index in [0.717, 1.165) is 0 Å². The van der Waals surface area contributed by atoms with E-state index in [2.05, 4.69) is 20.9 Å². The first-order valence-corrected chi connectivity index (χ1v) is 4.09. The number of alkyl halides is 1. The molecule has 62 valence electrons. The van der Waals surface area contributed by atoms with Gasteiger partial charge in [-0.2, -0.15) is 0 Å². The predicted molar refractivity (Wildman–Crippen MR) is 45.0 cm³/mol. The van der Waals surface area contributed by atoms with Crippen molar-refractivity contribution in [1.82, 2.24) is 9.55 Å². The van der Waals surface area contributed by atoms with E-state index >= 15 is 0 Å². The fourth-order valence-electron chi connectivity index (χ4n) is 0.939. The number of hydrogen-bond acceptors (Lipinski definition) is 1. The van der Waals surface area contributed by atoms with Crippen molar-refractivity contribution in [1.29, 1.82) is 0 Å². The van der Waals surface area contributed by atoms with E-state index in [1.54, 1.807) is 11.6 Å². The summed E-state index contributed by atoms with van der Waals surface area (Å²) in [5.74, 6) is 0. The average molecular weight is 221 g/mol. The number of imidazole rings is 1. The largest absolute Gasteiger partial charge is 0.323 e. The third kappa shape index (κ3) is 1.61. The molecule has 2 nitrogen and oxygen atoms in total. The van der Waals surface area contributed by atoms with Crippen LogP contribution in [-0.4, -0.2) is 9.55 Å². The normalized spacial score (nSPS) is 12.1. The molecule has 1 rings (SSSR count). The monoisotopic (exact) mass is 220 g/mol. The molecule has 0 saturated heterocycles. The number of aromatic nitrogens is 2. The SMILES string of the molecule is Cn1c(C(C)(C)F)cnc1Br. The lowest BCUT2D eigenvalue weighted by molar-refractivity contribution is 0.208. The summed E-state index contributed by atoms with van der Waals surface area (Å²) in [5.41, 5.74) is -0.752. The quantitative estimate of drug-likeness (QED) is 0.711. The molecule has 0 aliphatic rings. The fraction of sp³-hybridized carbons (Fsp3) is 0.571. The topological polar surface area (TPSA) is 17.8 Å². The van der Waals surface area contributed by atoms with Crippen LogP contribution in [0.1, 0.15) is 19.5 Å². The molecule has 0 aliphatic carbocycles. The van der Waals surface area contributed by atoms with Gasteiger partial charge in [0, 0.05) is 7.05 Å². The van der Waals surface area contributed by atoms with E-state index in [0.29, 0.717) is 10.4 Å². The highest BCUT2D eigenvalue weighted by Crippen LogP contribution is 2.25. The maximum atomic E-state index is 13.3. The lowest BCUT2D eigenvalue weighted by Crippen LogP contribution is -2.13. The first kappa shape index (κ1) is 8.71. The Balaban J connectivity index is 3.15. The van der Waals surface area contributed by atoms with E-state index in [-0.39, 0.29) is 0 Å².